The van der Waals surface area contributed by atoms with Crippen molar-refractivity contribution in [3.05, 3.63) is 35.9 Å². The van der Waals surface area contributed by atoms with Crippen molar-refractivity contribution in [2.75, 3.05) is 7.11 Å². The molecule has 0 amide bonds. The smallest absolute Gasteiger partial charge is 0.337 e. The summed E-state index contributed by atoms with van der Waals surface area (Å²) in [5.41, 5.74) is -1.37. The third-order valence-corrected chi connectivity index (χ3v) is 4.17. The number of benzene rings is 1. The molecule has 1 aliphatic carbocycles. The molecule has 1 saturated carbocycles. The molecule has 0 spiro atoms. The standard InChI is InChI=1S/C17H20O7/c1-24-16(22)17(23)8-12(15(21)14(20)9-17)13(19)7-4-10-2-5-11(18)6-3-10/h2-7,12,14-15,18,20-21,23H,8-9H2,1H3/b7-4+/t12-,14+,15-,17+/m0/s1. The lowest BCUT2D eigenvalue weighted by Gasteiger charge is -2.39. The fourth-order valence-corrected chi connectivity index (χ4v) is 2.82. The van der Waals surface area contributed by atoms with Gasteiger partial charge in [-0.05, 0) is 30.2 Å². The van der Waals surface area contributed by atoms with Crippen LogP contribution in [0.2, 0.25) is 0 Å². The molecule has 0 saturated heterocycles. The highest BCUT2D eigenvalue weighted by Gasteiger charge is 2.51. The number of ketones is 1. The predicted octanol–water partition coefficient (Wildman–Crippen LogP) is 0.0104. The van der Waals surface area contributed by atoms with Gasteiger partial charge in [-0.2, -0.15) is 0 Å². The summed E-state index contributed by atoms with van der Waals surface area (Å²) in [6.07, 6.45) is -0.850. The van der Waals surface area contributed by atoms with Crippen LogP contribution >= 0.6 is 0 Å². The van der Waals surface area contributed by atoms with E-state index in [1.54, 1.807) is 12.1 Å². The average Bonchev–Trinajstić information content (AvgIpc) is 2.56. The van der Waals surface area contributed by atoms with Crippen LogP contribution in [0, 0.1) is 5.92 Å². The molecule has 0 heterocycles. The fourth-order valence-electron chi connectivity index (χ4n) is 2.82. The van der Waals surface area contributed by atoms with Crippen LogP contribution in [0.1, 0.15) is 18.4 Å². The number of rotatable bonds is 4. The Balaban J connectivity index is 2.16. The Morgan fingerprint density at radius 2 is 1.83 bits per heavy atom. The highest BCUT2D eigenvalue weighted by Crippen LogP contribution is 2.35. The first kappa shape index (κ1) is 18.1. The molecule has 24 heavy (non-hydrogen) atoms. The Labute approximate surface area is 138 Å². The first-order valence-electron chi connectivity index (χ1n) is 7.45. The van der Waals surface area contributed by atoms with Crippen molar-refractivity contribution in [3.63, 3.8) is 0 Å². The summed E-state index contributed by atoms with van der Waals surface area (Å²) in [5, 5.41) is 39.4. The van der Waals surface area contributed by atoms with Gasteiger partial charge in [-0.3, -0.25) is 4.79 Å². The third-order valence-electron chi connectivity index (χ3n) is 4.17. The number of allylic oxidation sites excluding steroid dienone is 1. The van der Waals surface area contributed by atoms with Crippen molar-refractivity contribution in [3.8, 4) is 5.75 Å². The van der Waals surface area contributed by atoms with E-state index in [1.165, 1.54) is 24.3 Å². The minimum atomic E-state index is -2.01. The quantitative estimate of drug-likeness (QED) is 0.451. The molecule has 0 bridgehead atoms. The molecule has 0 aromatic heterocycles. The first-order chi connectivity index (χ1) is 11.3. The summed E-state index contributed by atoms with van der Waals surface area (Å²) in [6, 6.07) is 6.10. The van der Waals surface area contributed by atoms with Gasteiger partial charge in [-0.25, -0.2) is 4.79 Å². The second-order valence-electron chi connectivity index (χ2n) is 5.92. The second-order valence-corrected chi connectivity index (χ2v) is 5.92. The van der Waals surface area contributed by atoms with Gasteiger partial charge in [0.1, 0.15) is 5.75 Å². The number of aliphatic hydroxyl groups is 3. The van der Waals surface area contributed by atoms with Crippen molar-refractivity contribution in [1.29, 1.82) is 0 Å². The number of phenolic OH excluding ortho intramolecular Hbond substituents is 1. The number of hydrogen-bond donors (Lipinski definition) is 4. The molecule has 0 unspecified atom stereocenters. The summed E-state index contributed by atoms with van der Waals surface area (Å²) < 4.78 is 4.51. The predicted molar refractivity (Wildman–Crippen MR) is 83.9 cm³/mol. The van der Waals surface area contributed by atoms with Gasteiger partial charge in [0.25, 0.3) is 0 Å². The first-order valence-corrected chi connectivity index (χ1v) is 7.45. The van der Waals surface area contributed by atoms with Crippen molar-refractivity contribution >= 4 is 17.8 Å². The molecular formula is C17H20O7. The molecule has 0 radical (unpaired) electrons. The van der Waals surface area contributed by atoms with Gasteiger partial charge in [0.15, 0.2) is 11.4 Å². The second kappa shape index (κ2) is 7.12. The van der Waals surface area contributed by atoms with Crippen LogP contribution in [-0.4, -0.2) is 57.1 Å². The number of ether oxygens (including phenoxy) is 1. The maximum Gasteiger partial charge on any atom is 0.337 e. The molecule has 1 fully saturated rings. The maximum atomic E-state index is 12.3. The lowest BCUT2D eigenvalue weighted by molar-refractivity contribution is -0.182. The zero-order valence-corrected chi connectivity index (χ0v) is 13.1. The monoisotopic (exact) mass is 336 g/mol. The van der Waals surface area contributed by atoms with Crippen molar-refractivity contribution in [2.45, 2.75) is 30.7 Å². The zero-order valence-electron chi connectivity index (χ0n) is 13.1. The van der Waals surface area contributed by atoms with E-state index < -0.39 is 41.9 Å². The number of phenols is 1. The average molecular weight is 336 g/mol. The Morgan fingerprint density at radius 3 is 2.42 bits per heavy atom. The third kappa shape index (κ3) is 3.81. The van der Waals surface area contributed by atoms with Gasteiger partial charge in [0, 0.05) is 6.42 Å². The lowest BCUT2D eigenvalue weighted by Crippen LogP contribution is -2.55. The number of methoxy groups -OCH3 is 1. The summed E-state index contributed by atoms with van der Waals surface area (Å²) in [7, 11) is 1.10. The van der Waals surface area contributed by atoms with E-state index in [9.17, 15) is 30.0 Å². The Kier molecular flexibility index (Phi) is 5.38. The van der Waals surface area contributed by atoms with Crippen molar-refractivity contribution in [1.82, 2.24) is 0 Å². The highest BCUT2D eigenvalue weighted by atomic mass is 16.5. The molecule has 7 nitrogen and oxygen atoms in total. The minimum Gasteiger partial charge on any atom is -0.508 e. The van der Waals surface area contributed by atoms with E-state index >= 15 is 0 Å². The maximum absolute atomic E-state index is 12.3. The van der Waals surface area contributed by atoms with E-state index in [4.69, 9.17) is 0 Å². The number of hydrogen-bond acceptors (Lipinski definition) is 7. The van der Waals surface area contributed by atoms with Gasteiger partial charge in [0.05, 0.1) is 25.2 Å². The van der Waals surface area contributed by atoms with E-state index in [0.29, 0.717) is 5.56 Å². The SMILES string of the molecule is COC(=O)[C@]1(O)C[C@@H](O)[C@@H](O)[C@H](C(=O)/C=C/c2ccc(O)cc2)C1. The molecule has 2 rings (SSSR count). The Morgan fingerprint density at radius 1 is 1.21 bits per heavy atom. The number of carbonyl (C=O) groups is 2. The fraction of sp³-hybridized carbons (Fsp3) is 0.412. The van der Waals surface area contributed by atoms with Crippen LogP contribution < -0.4 is 0 Å². The molecule has 4 N–H and O–H groups in total. The molecule has 1 aromatic rings. The van der Waals surface area contributed by atoms with Crippen molar-refractivity contribution < 1.29 is 34.8 Å². The van der Waals surface area contributed by atoms with Crippen LogP contribution in [-0.2, 0) is 14.3 Å². The van der Waals surface area contributed by atoms with Crippen LogP contribution in [0.3, 0.4) is 0 Å². The van der Waals surface area contributed by atoms with Gasteiger partial charge < -0.3 is 25.2 Å². The van der Waals surface area contributed by atoms with Crippen LogP contribution in [0.15, 0.2) is 30.3 Å². The van der Waals surface area contributed by atoms with Gasteiger partial charge in [0.2, 0.25) is 0 Å². The summed E-state index contributed by atoms with van der Waals surface area (Å²) in [5.74, 6) is -2.52. The molecule has 130 valence electrons. The van der Waals surface area contributed by atoms with E-state index in [0.717, 1.165) is 7.11 Å². The number of aliphatic hydroxyl groups excluding tert-OH is 2. The van der Waals surface area contributed by atoms with Gasteiger partial charge >= 0.3 is 5.97 Å². The summed E-state index contributed by atoms with van der Waals surface area (Å²) in [6.45, 7) is 0. The molecule has 7 heteroatoms. The highest BCUT2D eigenvalue weighted by molar-refractivity contribution is 5.96. The number of aromatic hydroxyl groups is 1. The summed E-state index contributed by atoms with van der Waals surface area (Å²) >= 11 is 0. The number of esters is 1. The zero-order chi connectivity index (χ0) is 17.9. The van der Waals surface area contributed by atoms with E-state index in [2.05, 4.69) is 4.74 Å². The lowest BCUT2D eigenvalue weighted by atomic mass is 9.73. The molecule has 1 aromatic carbocycles. The van der Waals surface area contributed by atoms with Crippen LogP contribution in [0.4, 0.5) is 0 Å². The Hall–Kier alpha value is -2.22. The summed E-state index contributed by atoms with van der Waals surface area (Å²) in [4.78, 5) is 24.0. The Bertz CT molecular complexity index is 637. The molecule has 0 aliphatic heterocycles. The molecular weight excluding hydrogens is 316 g/mol. The molecule has 4 atom stereocenters. The van der Waals surface area contributed by atoms with Crippen molar-refractivity contribution in [2.24, 2.45) is 5.92 Å². The molecule has 1 aliphatic rings. The van der Waals surface area contributed by atoms with E-state index in [1.807, 2.05) is 0 Å². The minimum absolute atomic E-state index is 0.0902. The largest absolute Gasteiger partial charge is 0.508 e. The van der Waals surface area contributed by atoms with Crippen LogP contribution in [0.5, 0.6) is 5.75 Å². The number of carbonyl (C=O) groups excluding carboxylic acids is 2. The van der Waals surface area contributed by atoms with Crippen LogP contribution in [0.25, 0.3) is 6.08 Å². The topological polar surface area (TPSA) is 124 Å². The van der Waals surface area contributed by atoms with E-state index in [-0.39, 0.29) is 12.2 Å². The van der Waals surface area contributed by atoms with Gasteiger partial charge in [-0.1, -0.05) is 18.2 Å². The normalized spacial score (nSPS) is 30.2. The van der Waals surface area contributed by atoms with Gasteiger partial charge in [-0.15, -0.1) is 0 Å².